The van der Waals surface area contributed by atoms with Crippen LogP contribution in [0.5, 0.6) is 0 Å². The Morgan fingerprint density at radius 3 is 2.74 bits per heavy atom. The van der Waals surface area contributed by atoms with Crippen molar-refractivity contribution in [3.63, 3.8) is 0 Å². The highest BCUT2D eigenvalue weighted by Crippen LogP contribution is 2.30. The summed E-state index contributed by atoms with van der Waals surface area (Å²) in [5.41, 5.74) is 4.34. The van der Waals surface area contributed by atoms with Gasteiger partial charge in [-0.05, 0) is 41.5 Å². The summed E-state index contributed by atoms with van der Waals surface area (Å²) >= 11 is 6.17. The molecule has 2 heterocycles. The first-order valence-electron chi connectivity index (χ1n) is 7.41. The summed E-state index contributed by atoms with van der Waals surface area (Å²) in [5, 5.41) is 1.84. The molecule has 0 unspecified atom stereocenters. The lowest BCUT2D eigenvalue weighted by Crippen LogP contribution is -1.94. The van der Waals surface area contributed by atoms with Crippen LogP contribution in [0.15, 0.2) is 67.1 Å². The molecule has 0 spiro atoms. The molecule has 0 aliphatic rings. The number of rotatable bonds is 3. The minimum absolute atomic E-state index is 0.725. The second-order valence-electron chi connectivity index (χ2n) is 5.44. The standard InChI is InChI=1S/C19H14ClN3/c20-16-5-1-3-14(12-16)17-10-13(11-18-21-7-8-22-18)9-15-4-2-6-23-19(15)17/h1-10,12H,11H2,(H,21,22). The van der Waals surface area contributed by atoms with Gasteiger partial charge in [-0.3, -0.25) is 4.98 Å². The number of pyridine rings is 1. The maximum Gasteiger partial charge on any atom is 0.110 e. The van der Waals surface area contributed by atoms with Gasteiger partial charge in [0, 0.05) is 41.0 Å². The van der Waals surface area contributed by atoms with Gasteiger partial charge in [-0.25, -0.2) is 4.98 Å². The Balaban J connectivity index is 1.90. The summed E-state index contributed by atoms with van der Waals surface area (Å²) in [7, 11) is 0. The van der Waals surface area contributed by atoms with Gasteiger partial charge in [0.25, 0.3) is 0 Å². The van der Waals surface area contributed by atoms with E-state index in [1.54, 1.807) is 6.20 Å². The fourth-order valence-corrected chi connectivity index (χ4v) is 3.01. The monoisotopic (exact) mass is 319 g/mol. The number of hydrogen-bond acceptors (Lipinski definition) is 2. The van der Waals surface area contributed by atoms with Gasteiger partial charge in [0.2, 0.25) is 0 Å². The first-order valence-corrected chi connectivity index (χ1v) is 7.79. The van der Waals surface area contributed by atoms with Crippen LogP contribution in [0.4, 0.5) is 0 Å². The van der Waals surface area contributed by atoms with E-state index in [4.69, 9.17) is 11.6 Å². The van der Waals surface area contributed by atoms with Crippen molar-refractivity contribution in [3.05, 3.63) is 83.5 Å². The van der Waals surface area contributed by atoms with Crippen molar-refractivity contribution in [1.82, 2.24) is 15.0 Å². The van der Waals surface area contributed by atoms with Gasteiger partial charge < -0.3 is 4.98 Å². The molecule has 1 N–H and O–H groups in total. The Bertz CT molecular complexity index is 961. The molecule has 0 amide bonds. The molecule has 0 bridgehead atoms. The molecule has 0 saturated heterocycles. The Kier molecular flexibility index (Phi) is 3.56. The molecule has 3 nitrogen and oxygen atoms in total. The summed E-state index contributed by atoms with van der Waals surface area (Å²) < 4.78 is 0. The predicted molar refractivity (Wildman–Crippen MR) is 93.6 cm³/mol. The van der Waals surface area contributed by atoms with E-state index in [2.05, 4.69) is 39.2 Å². The molecule has 2 aromatic carbocycles. The zero-order chi connectivity index (χ0) is 15.6. The van der Waals surface area contributed by atoms with Crippen LogP contribution in [0.2, 0.25) is 5.02 Å². The molecule has 2 aromatic heterocycles. The smallest absolute Gasteiger partial charge is 0.110 e. The minimum atomic E-state index is 0.725. The van der Waals surface area contributed by atoms with Crippen LogP contribution in [0.3, 0.4) is 0 Å². The first kappa shape index (κ1) is 14.0. The topological polar surface area (TPSA) is 41.6 Å². The zero-order valence-corrected chi connectivity index (χ0v) is 13.1. The number of aromatic nitrogens is 3. The Labute approximate surface area is 139 Å². The average Bonchev–Trinajstić information content (AvgIpc) is 3.07. The molecule has 0 aliphatic heterocycles. The lowest BCUT2D eigenvalue weighted by Gasteiger charge is -2.10. The molecule has 0 aliphatic carbocycles. The van der Waals surface area contributed by atoms with Gasteiger partial charge in [0.1, 0.15) is 5.82 Å². The van der Waals surface area contributed by atoms with Crippen molar-refractivity contribution in [1.29, 1.82) is 0 Å². The molecule has 23 heavy (non-hydrogen) atoms. The number of nitrogens with one attached hydrogen (secondary N) is 1. The van der Waals surface area contributed by atoms with Crippen molar-refractivity contribution in [2.45, 2.75) is 6.42 Å². The molecular weight excluding hydrogens is 306 g/mol. The summed E-state index contributed by atoms with van der Waals surface area (Å²) in [4.78, 5) is 12.0. The van der Waals surface area contributed by atoms with Gasteiger partial charge in [0.15, 0.2) is 0 Å². The molecular formula is C19H14ClN3. The Morgan fingerprint density at radius 2 is 1.91 bits per heavy atom. The summed E-state index contributed by atoms with van der Waals surface area (Å²) in [5.74, 6) is 0.949. The molecule has 112 valence electrons. The van der Waals surface area contributed by atoms with Gasteiger partial charge in [-0.15, -0.1) is 0 Å². The van der Waals surface area contributed by atoms with Gasteiger partial charge in [-0.1, -0.05) is 29.8 Å². The van der Waals surface area contributed by atoms with Crippen molar-refractivity contribution in [2.24, 2.45) is 0 Å². The fraction of sp³-hybridized carbons (Fsp3) is 0.0526. The SMILES string of the molecule is Clc1cccc(-c2cc(Cc3ncc[nH]3)cc3cccnc23)c1. The Hall–Kier alpha value is -2.65. The van der Waals surface area contributed by atoms with E-state index in [1.807, 2.05) is 36.7 Å². The van der Waals surface area contributed by atoms with Crippen LogP contribution in [0, 0.1) is 0 Å². The quantitative estimate of drug-likeness (QED) is 0.585. The number of aromatic amines is 1. The third kappa shape index (κ3) is 2.83. The maximum atomic E-state index is 6.17. The van der Waals surface area contributed by atoms with Crippen molar-refractivity contribution in [2.75, 3.05) is 0 Å². The second kappa shape index (κ2) is 5.86. The fourth-order valence-electron chi connectivity index (χ4n) is 2.82. The van der Waals surface area contributed by atoms with E-state index in [1.165, 1.54) is 5.56 Å². The lowest BCUT2D eigenvalue weighted by molar-refractivity contribution is 1.03. The highest BCUT2D eigenvalue weighted by molar-refractivity contribution is 6.30. The van der Waals surface area contributed by atoms with E-state index in [9.17, 15) is 0 Å². The highest BCUT2D eigenvalue weighted by atomic mass is 35.5. The van der Waals surface area contributed by atoms with Crippen LogP contribution < -0.4 is 0 Å². The Morgan fingerprint density at radius 1 is 0.957 bits per heavy atom. The summed E-state index contributed by atoms with van der Waals surface area (Å²) in [6.07, 6.45) is 6.19. The number of benzene rings is 2. The first-order chi connectivity index (χ1) is 11.3. The highest BCUT2D eigenvalue weighted by Gasteiger charge is 2.09. The number of hydrogen-bond donors (Lipinski definition) is 1. The normalized spacial score (nSPS) is 11.0. The number of imidazole rings is 1. The van der Waals surface area contributed by atoms with Gasteiger partial charge in [-0.2, -0.15) is 0 Å². The van der Waals surface area contributed by atoms with E-state index in [-0.39, 0.29) is 0 Å². The molecule has 0 fully saturated rings. The molecule has 0 saturated carbocycles. The van der Waals surface area contributed by atoms with E-state index < -0.39 is 0 Å². The molecule has 0 radical (unpaired) electrons. The van der Waals surface area contributed by atoms with Crippen LogP contribution in [0.25, 0.3) is 22.0 Å². The number of halogens is 1. The van der Waals surface area contributed by atoms with E-state index in [0.29, 0.717) is 0 Å². The second-order valence-corrected chi connectivity index (χ2v) is 5.88. The van der Waals surface area contributed by atoms with Crippen molar-refractivity contribution < 1.29 is 0 Å². The molecule has 4 rings (SSSR count). The van der Waals surface area contributed by atoms with E-state index >= 15 is 0 Å². The third-order valence-corrected chi connectivity index (χ3v) is 4.06. The van der Waals surface area contributed by atoms with Crippen LogP contribution in [-0.4, -0.2) is 15.0 Å². The number of H-pyrrole nitrogens is 1. The van der Waals surface area contributed by atoms with Crippen molar-refractivity contribution in [3.8, 4) is 11.1 Å². The predicted octanol–water partition coefficient (Wildman–Crippen LogP) is 4.87. The number of fused-ring (bicyclic) bond motifs is 1. The van der Waals surface area contributed by atoms with Crippen LogP contribution in [-0.2, 0) is 6.42 Å². The zero-order valence-electron chi connectivity index (χ0n) is 12.3. The van der Waals surface area contributed by atoms with Crippen molar-refractivity contribution >= 4 is 22.5 Å². The maximum absolute atomic E-state index is 6.17. The molecule has 4 heteroatoms. The molecule has 4 aromatic rings. The minimum Gasteiger partial charge on any atom is -0.348 e. The van der Waals surface area contributed by atoms with Crippen LogP contribution in [0.1, 0.15) is 11.4 Å². The largest absolute Gasteiger partial charge is 0.348 e. The van der Waals surface area contributed by atoms with Gasteiger partial charge >= 0.3 is 0 Å². The summed E-state index contributed by atoms with van der Waals surface area (Å²) in [6.45, 7) is 0. The average molecular weight is 320 g/mol. The lowest BCUT2D eigenvalue weighted by atomic mass is 9.97. The van der Waals surface area contributed by atoms with Crippen LogP contribution >= 0.6 is 11.6 Å². The van der Waals surface area contributed by atoms with E-state index in [0.717, 1.165) is 39.3 Å². The number of nitrogens with zero attached hydrogens (tertiary/aromatic N) is 2. The third-order valence-electron chi connectivity index (χ3n) is 3.83. The molecule has 0 atom stereocenters. The van der Waals surface area contributed by atoms with Gasteiger partial charge in [0.05, 0.1) is 5.52 Å². The summed E-state index contributed by atoms with van der Waals surface area (Å²) in [6, 6.07) is 16.3.